The Morgan fingerprint density at radius 3 is 2.76 bits per heavy atom. The van der Waals surface area contributed by atoms with Crippen molar-refractivity contribution in [2.75, 3.05) is 0 Å². The smallest absolute Gasteiger partial charge is 0.325 e. The molecule has 0 aliphatic rings. The van der Waals surface area contributed by atoms with Crippen LogP contribution in [0.1, 0.15) is 5.69 Å². The van der Waals surface area contributed by atoms with E-state index in [1.165, 1.54) is 4.68 Å². The Bertz CT molecular complexity index is 563. The number of nitrogens with zero attached hydrogens (tertiary/aromatic N) is 2. The minimum absolute atomic E-state index is 0.120. The third-order valence-electron chi connectivity index (χ3n) is 2.41. The van der Waals surface area contributed by atoms with Crippen LogP contribution < -0.4 is 0 Å². The lowest BCUT2D eigenvalue weighted by Crippen LogP contribution is -2.08. The number of aliphatic carboxylic acids is 1. The molecule has 17 heavy (non-hydrogen) atoms. The van der Waals surface area contributed by atoms with Crippen LogP contribution in [0.2, 0.25) is 0 Å². The zero-order valence-electron chi connectivity index (χ0n) is 9.22. The number of carboxylic acid groups (broad SMARTS) is 1. The molecule has 0 spiro atoms. The van der Waals surface area contributed by atoms with Crippen LogP contribution in [0, 0.1) is 6.92 Å². The normalized spacial score (nSPS) is 10.5. The van der Waals surface area contributed by atoms with E-state index in [4.69, 9.17) is 5.11 Å². The maximum absolute atomic E-state index is 10.6. The second kappa shape index (κ2) is 4.71. The Kier molecular flexibility index (Phi) is 3.28. The molecular formula is C12H11BrN2O2. The lowest BCUT2D eigenvalue weighted by atomic mass is 10.1. The Hall–Kier alpha value is -1.62. The molecule has 0 aliphatic heterocycles. The van der Waals surface area contributed by atoms with Crippen molar-refractivity contribution in [2.24, 2.45) is 0 Å². The molecule has 2 rings (SSSR count). The third kappa shape index (κ3) is 2.55. The van der Waals surface area contributed by atoms with Gasteiger partial charge in [0.15, 0.2) is 0 Å². The molecule has 0 amide bonds. The molecule has 0 fully saturated rings. The summed E-state index contributed by atoms with van der Waals surface area (Å²) in [5.74, 6) is -0.897. The van der Waals surface area contributed by atoms with Crippen LogP contribution in [-0.2, 0) is 11.3 Å². The average molecular weight is 295 g/mol. The average Bonchev–Trinajstić information content (AvgIpc) is 2.59. The molecule has 4 nitrogen and oxygen atoms in total. The summed E-state index contributed by atoms with van der Waals surface area (Å²) in [7, 11) is 0. The number of carbonyl (C=O) groups is 1. The number of aryl methyl sites for hydroxylation is 1. The highest BCUT2D eigenvalue weighted by Gasteiger charge is 2.11. The van der Waals surface area contributed by atoms with Gasteiger partial charge in [0, 0.05) is 16.2 Å². The zero-order chi connectivity index (χ0) is 12.4. The molecule has 0 aliphatic carbocycles. The van der Waals surface area contributed by atoms with Crippen molar-refractivity contribution >= 4 is 21.9 Å². The SMILES string of the molecule is Cc1nn(CC(=O)O)cc1-c1ccccc1Br. The second-order valence-electron chi connectivity index (χ2n) is 3.70. The molecule has 0 bridgehead atoms. The number of halogens is 1. The lowest BCUT2D eigenvalue weighted by Gasteiger charge is -2.01. The van der Waals surface area contributed by atoms with Gasteiger partial charge >= 0.3 is 5.97 Å². The van der Waals surface area contributed by atoms with Crippen LogP contribution in [0.4, 0.5) is 0 Å². The monoisotopic (exact) mass is 294 g/mol. The molecule has 0 saturated carbocycles. The third-order valence-corrected chi connectivity index (χ3v) is 3.10. The van der Waals surface area contributed by atoms with Crippen LogP contribution in [0.15, 0.2) is 34.9 Å². The molecule has 1 aromatic heterocycles. The van der Waals surface area contributed by atoms with Gasteiger partial charge in [-0.05, 0) is 18.6 Å². The van der Waals surface area contributed by atoms with Gasteiger partial charge in [-0.2, -0.15) is 5.10 Å². The van der Waals surface area contributed by atoms with Crippen LogP contribution in [-0.4, -0.2) is 20.9 Å². The predicted molar refractivity (Wildman–Crippen MR) is 67.7 cm³/mol. The van der Waals surface area contributed by atoms with Gasteiger partial charge in [-0.1, -0.05) is 34.1 Å². The second-order valence-corrected chi connectivity index (χ2v) is 4.55. The van der Waals surface area contributed by atoms with E-state index in [1.807, 2.05) is 31.2 Å². The molecule has 2 aromatic rings. The summed E-state index contributed by atoms with van der Waals surface area (Å²) in [6.45, 7) is 1.75. The summed E-state index contributed by atoms with van der Waals surface area (Å²) < 4.78 is 2.41. The van der Waals surface area contributed by atoms with E-state index in [0.29, 0.717) is 0 Å². The maximum atomic E-state index is 10.6. The molecule has 5 heteroatoms. The summed E-state index contributed by atoms with van der Waals surface area (Å²) in [6.07, 6.45) is 1.75. The molecule has 0 saturated heterocycles. The first-order chi connectivity index (χ1) is 8.08. The largest absolute Gasteiger partial charge is 0.480 e. The molecule has 0 unspecified atom stereocenters. The lowest BCUT2D eigenvalue weighted by molar-refractivity contribution is -0.137. The molecule has 0 atom stereocenters. The minimum atomic E-state index is -0.897. The number of carboxylic acids is 1. The van der Waals surface area contributed by atoms with Crippen molar-refractivity contribution < 1.29 is 9.90 Å². The quantitative estimate of drug-likeness (QED) is 0.947. The van der Waals surface area contributed by atoms with Crippen LogP contribution in [0.5, 0.6) is 0 Å². The molecule has 1 heterocycles. The number of hydrogen-bond acceptors (Lipinski definition) is 2. The summed E-state index contributed by atoms with van der Waals surface area (Å²) in [5, 5.41) is 12.9. The summed E-state index contributed by atoms with van der Waals surface area (Å²) in [5.41, 5.74) is 2.78. The van der Waals surface area contributed by atoms with Gasteiger partial charge in [0.2, 0.25) is 0 Å². The van der Waals surface area contributed by atoms with E-state index in [0.717, 1.165) is 21.3 Å². The minimum Gasteiger partial charge on any atom is -0.480 e. The highest BCUT2D eigenvalue weighted by Crippen LogP contribution is 2.29. The summed E-state index contributed by atoms with van der Waals surface area (Å²) >= 11 is 3.47. The Morgan fingerprint density at radius 2 is 2.12 bits per heavy atom. The number of aromatic nitrogens is 2. The van der Waals surface area contributed by atoms with Gasteiger partial charge in [0.25, 0.3) is 0 Å². The number of benzene rings is 1. The van der Waals surface area contributed by atoms with Gasteiger partial charge in [-0.25, -0.2) is 0 Å². The Morgan fingerprint density at radius 1 is 1.41 bits per heavy atom. The highest BCUT2D eigenvalue weighted by molar-refractivity contribution is 9.10. The van der Waals surface area contributed by atoms with Crippen LogP contribution >= 0.6 is 15.9 Å². The van der Waals surface area contributed by atoms with E-state index in [1.54, 1.807) is 6.20 Å². The summed E-state index contributed by atoms with van der Waals surface area (Å²) in [4.78, 5) is 10.6. The van der Waals surface area contributed by atoms with Crippen molar-refractivity contribution in [1.29, 1.82) is 0 Å². The van der Waals surface area contributed by atoms with Gasteiger partial charge in [0.05, 0.1) is 5.69 Å². The van der Waals surface area contributed by atoms with Crippen molar-refractivity contribution in [2.45, 2.75) is 13.5 Å². The van der Waals surface area contributed by atoms with Crippen molar-refractivity contribution in [3.63, 3.8) is 0 Å². The standard InChI is InChI=1S/C12H11BrN2O2/c1-8-10(6-15(14-8)7-12(16)17)9-4-2-3-5-11(9)13/h2-6H,7H2,1H3,(H,16,17). The van der Waals surface area contributed by atoms with E-state index in [9.17, 15) is 4.79 Å². The van der Waals surface area contributed by atoms with Crippen LogP contribution in [0.3, 0.4) is 0 Å². The first-order valence-electron chi connectivity index (χ1n) is 5.08. The van der Waals surface area contributed by atoms with Gasteiger partial charge < -0.3 is 5.11 Å². The topological polar surface area (TPSA) is 55.1 Å². The first kappa shape index (κ1) is 11.9. The van der Waals surface area contributed by atoms with Crippen molar-refractivity contribution in [3.8, 4) is 11.1 Å². The molecule has 88 valence electrons. The maximum Gasteiger partial charge on any atom is 0.325 e. The van der Waals surface area contributed by atoms with Crippen molar-refractivity contribution in [1.82, 2.24) is 9.78 Å². The fraction of sp³-hybridized carbons (Fsp3) is 0.167. The van der Waals surface area contributed by atoms with Crippen molar-refractivity contribution in [3.05, 3.63) is 40.6 Å². The molecular weight excluding hydrogens is 284 g/mol. The highest BCUT2D eigenvalue weighted by atomic mass is 79.9. The molecule has 1 aromatic carbocycles. The molecule has 1 N–H and O–H groups in total. The number of hydrogen-bond donors (Lipinski definition) is 1. The van der Waals surface area contributed by atoms with E-state index in [2.05, 4.69) is 21.0 Å². The fourth-order valence-corrected chi connectivity index (χ4v) is 2.18. The van der Waals surface area contributed by atoms with Crippen LogP contribution in [0.25, 0.3) is 11.1 Å². The fourth-order valence-electron chi connectivity index (χ4n) is 1.68. The zero-order valence-corrected chi connectivity index (χ0v) is 10.8. The first-order valence-corrected chi connectivity index (χ1v) is 5.88. The Balaban J connectivity index is 2.43. The van der Waals surface area contributed by atoms with Gasteiger partial charge in [-0.3, -0.25) is 9.48 Å². The van der Waals surface area contributed by atoms with Gasteiger partial charge in [-0.15, -0.1) is 0 Å². The van der Waals surface area contributed by atoms with E-state index >= 15 is 0 Å². The molecule has 0 radical (unpaired) electrons. The predicted octanol–water partition coefficient (Wildman–Crippen LogP) is 2.71. The number of rotatable bonds is 3. The Labute approximate surface area is 107 Å². The van der Waals surface area contributed by atoms with Gasteiger partial charge in [0.1, 0.15) is 6.54 Å². The summed E-state index contributed by atoms with van der Waals surface area (Å²) in [6, 6.07) is 7.79. The van der Waals surface area contributed by atoms with E-state index < -0.39 is 5.97 Å². The van der Waals surface area contributed by atoms with E-state index in [-0.39, 0.29) is 6.54 Å².